The first-order chi connectivity index (χ1) is 6.77. The van der Waals surface area contributed by atoms with Crippen molar-refractivity contribution in [2.75, 3.05) is 0 Å². The summed E-state index contributed by atoms with van der Waals surface area (Å²) in [5.74, 6) is 0.591. The third-order valence-electron chi connectivity index (χ3n) is 2.14. The summed E-state index contributed by atoms with van der Waals surface area (Å²) >= 11 is 0. The molecule has 0 aliphatic rings. The minimum absolute atomic E-state index is 0.591. The SMILES string of the molecule is Cc1coc([C@@H](O)c2ccccc2)c1. The van der Waals surface area contributed by atoms with Gasteiger partial charge in [0.25, 0.3) is 0 Å². The molecule has 1 aromatic carbocycles. The van der Waals surface area contributed by atoms with Gasteiger partial charge in [0.15, 0.2) is 0 Å². The van der Waals surface area contributed by atoms with Crippen molar-refractivity contribution < 1.29 is 9.52 Å². The van der Waals surface area contributed by atoms with Crippen LogP contribution < -0.4 is 0 Å². The fourth-order valence-corrected chi connectivity index (χ4v) is 1.40. The first-order valence-corrected chi connectivity index (χ1v) is 4.55. The first-order valence-electron chi connectivity index (χ1n) is 4.55. The number of aliphatic hydroxyl groups is 1. The second-order valence-electron chi connectivity index (χ2n) is 3.34. The van der Waals surface area contributed by atoms with Crippen molar-refractivity contribution in [3.8, 4) is 0 Å². The molecule has 0 aliphatic carbocycles. The van der Waals surface area contributed by atoms with Crippen LogP contribution in [0.4, 0.5) is 0 Å². The Morgan fingerprint density at radius 2 is 1.93 bits per heavy atom. The third kappa shape index (κ3) is 1.70. The van der Waals surface area contributed by atoms with Gasteiger partial charge in [0, 0.05) is 0 Å². The largest absolute Gasteiger partial charge is 0.466 e. The highest BCUT2D eigenvalue weighted by atomic mass is 16.4. The Morgan fingerprint density at radius 3 is 2.50 bits per heavy atom. The van der Waals surface area contributed by atoms with Crippen molar-refractivity contribution >= 4 is 0 Å². The molecular formula is C12H12O2. The minimum Gasteiger partial charge on any atom is -0.466 e. The molecule has 2 nitrogen and oxygen atoms in total. The summed E-state index contributed by atoms with van der Waals surface area (Å²) in [6, 6.07) is 11.3. The molecule has 0 saturated carbocycles. The zero-order valence-corrected chi connectivity index (χ0v) is 7.97. The second kappa shape index (κ2) is 3.68. The van der Waals surface area contributed by atoms with E-state index in [4.69, 9.17) is 4.42 Å². The fourth-order valence-electron chi connectivity index (χ4n) is 1.40. The van der Waals surface area contributed by atoms with Crippen LogP contribution in [0.3, 0.4) is 0 Å². The van der Waals surface area contributed by atoms with Gasteiger partial charge >= 0.3 is 0 Å². The van der Waals surface area contributed by atoms with E-state index in [-0.39, 0.29) is 0 Å². The van der Waals surface area contributed by atoms with Gasteiger partial charge in [0.2, 0.25) is 0 Å². The van der Waals surface area contributed by atoms with Crippen molar-refractivity contribution in [1.29, 1.82) is 0 Å². The Labute approximate surface area is 82.8 Å². The molecule has 1 N–H and O–H groups in total. The van der Waals surface area contributed by atoms with Gasteiger partial charge < -0.3 is 9.52 Å². The highest BCUT2D eigenvalue weighted by molar-refractivity contribution is 5.25. The lowest BCUT2D eigenvalue weighted by atomic mass is 10.1. The van der Waals surface area contributed by atoms with Gasteiger partial charge in [-0.1, -0.05) is 30.3 Å². The summed E-state index contributed by atoms with van der Waals surface area (Å²) in [6.07, 6.45) is 0.978. The van der Waals surface area contributed by atoms with Crippen LogP contribution in [0.5, 0.6) is 0 Å². The number of aliphatic hydroxyl groups excluding tert-OH is 1. The van der Waals surface area contributed by atoms with Crippen LogP contribution in [0.2, 0.25) is 0 Å². The molecule has 2 aromatic rings. The summed E-state index contributed by atoms with van der Waals surface area (Å²) in [7, 11) is 0. The number of aryl methyl sites for hydroxylation is 1. The van der Waals surface area contributed by atoms with Gasteiger partial charge in [-0.15, -0.1) is 0 Å². The van der Waals surface area contributed by atoms with Crippen molar-refractivity contribution in [3.05, 3.63) is 59.5 Å². The summed E-state index contributed by atoms with van der Waals surface area (Å²) in [4.78, 5) is 0. The molecule has 0 fully saturated rings. The highest BCUT2D eigenvalue weighted by Gasteiger charge is 2.12. The fraction of sp³-hybridized carbons (Fsp3) is 0.167. The maximum atomic E-state index is 9.91. The normalized spacial score (nSPS) is 12.7. The predicted molar refractivity (Wildman–Crippen MR) is 53.9 cm³/mol. The smallest absolute Gasteiger partial charge is 0.137 e. The van der Waals surface area contributed by atoms with Crippen LogP contribution in [0.15, 0.2) is 47.1 Å². The van der Waals surface area contributed by atoms with Crippen molar-refractivity contribution in [2.45, 2.75) is 13.0 Å². The van der Waals surface area contributed by atoms with Crippen LogP contribution in [0.25, 0.3) is 0 Å². The van der Waals surface area contributed by atoms with Crippen LogP contribution >= 0.6 is 0 Å². The Kier molecular flexibility index (Phi) is 2.37. The molecule has 0 amide bonds. The van der Waals surface area contributed by atoms with Gasteiger partial charge in [-0.05, 0) is 24.1 Å². The molecule has 2 heteroatoms. The lowest BCUT2D eigenvalue weighted by molar-refractivity contribution is 0.189. The molecule has 0 bridgehead atoms. The molecule has 0 radical (unpaired) electrons. The standard InChI is InChI=1S/C12H12O2/c1-9-7-11(14-8-9)12(13)10-5-3-2-4-6-10/h2-8,12-13H,1H3/t12-/m0/s1. The molecule has 72 valence electrons. The third-order valence-corrected chi connectivity index (χ3v) is 2.14. The monoisotopic (exact) mass is 188 g/mol. The molecule has 0 spiro atoms. The maximum Gasteiger partial charge on any atom is 0.137 e. The van der Waals surface area contributed by atoms with Gasteiger partial charge in [-0.25, -0.2) is 0 Å². The van der Waals surface area contributed by atoms with Crippen molar-refractivity contribution in [1.82, 2.24) is 0 Å². The molecule has 0 aliphatic heterocycles. The average molecular weight is 188 g/mol. The highest BCUT2D eigenvalue weighted by Crippen LogP contribution is 2.22. The van der Waals surface area contributed by atoms with E-state index in [1.54, 1.807) is 6.26 Å². The number of benzene rings is 1. The van der Waals surface area contributed by atoms with Crippen LogP contribution in [-0.2, 0) is 0 Å². The minimum atomic E-state index is -0.662. The van der Waals surface area contributed by atoms with E-state index in [1.807, 2.05) is 43.3 Å². The number of furan rings is 1. The summed E-state index contributed by atoms with van der Waals surface area (Å²) in [5.41, 5.74) is 1.87. The predicted octanol–water partition coefficient (Wildman–Crippen LogP) is 2.67. The zero-order valence-electron chi connectivity index (χ0n) is 7.97. The molecule has 2 rings (SSSR count). The van der Waals surface area contributed by atoms with E-state index in [0.29, 0.717) is 5.76 Å². The van der Waals surface area contributed by atoms with E-state index < -0.39 is 6.10 Å². The Morgan fingerprint density at radius 1 is 1.21 bits per heavy atom. The number of hydrogen-bond donors (Lipinski definition) is 1. The summed E-state index contributed by atoms with van der Waals surface area (Å²) in [5, 5.41) is 9.91. The van der Waals surface area contributed by atoms with Crippen molar-refractivity contribution in [2.24, 2.45) is 0 Å². The van der Waals surface area contributed by atoms with Crippen LogP contribution in [-0.4, -0.2) is 5.11 Å². The van der Waals surface area contributed by atoms with E-state index >= 15 is 0 Å². The molecule has 0 saturated heterocycles. The summed E-state index contributed by atoms with van der Waals surface area (Å²) < 4.78 is 5.23. The molecule has 14 heavy (non-hydrogen) atoms. The van der Waals surface area contributed by atoms with Gasteiger partial charge in [-0.3, -0.25) is 0 Å². The van der Waals surface area contributed by atoms with Crippen molar-refractivity contribution in [3.63, 3.8) is 0 Å². The molecule has 1 heterocycles. The lowest BCUT2D eigenvalue weighted by Crippen LogP contribution is -1.96. The zero-order chi connectivity index (χ0) is 9.97. The van der Waals surface area contributed by atoms with E-state index in [9.17, 15) is 5.11 Å². The molecule has 1 atom stereocenters. The van der Waals surface area contributed by atoms with Gasteiger partial charge in [0.05, 0.1) is 6.26 Å². The number of rotatable bonds is 2. The first kappa shape index (κ1) is 9.03. The Hall–Kier alpha value is -1.54. The molecular weight excluding hydrogens is 176 g/mol. The topological polar surface area (TPSA) is 33.4 Å². The summed E-state index contributed by atoms with van der Waals surface area (Å²) in [6.45, 7) is 1.94. The number of hydrogen-bond acceptors (Lipinski definition) is 2. The Balaban J connectivity index is 2.29. The Bertz CT molecular complexity index is 403. The van der Waals surface area contributed by atoms with Gasteiger partial charge in [0.1, 0.15) is 11.9 Å². The average Bonchev–Trinajstić information content (AvgIpc) is 2.65. The molecule has 0 unspecified atom stereocenters. The van der Waals surface area contributed by atoms with E-state index in [1.165, 1.54) is 0 Å². The second-order valence-corrected chi connectivity index (χ2v) is 3.34. The van der Waals surface area contributed by atoms with E-state index in [0.717, 1.165) is 11.1 Å². The van der Waals surface area contributed by atoms with Crippen LogP contribution in [0, 0.1) is 6.92 Å². The lowest BCUT2D eigenvalue weighted by Gasteiger charge is -2.06. The molecule has 1 aromatic heterocycles. The van der Waals surface area contributed by atoms with Gasteiger partial charge in [-0.2, -0.15) is 0 Å². The quantitative estimate of drug-likeness (QED) is 0.786. The maximum absolute atomic E-state index is 9.91. The van der Waals surface area contributed by atoms with Crippen LogP contribution in [0.1, 0.15) is 23.0 Å². The van der Waals surface area contributed by atoms with E-state index in [2.05, 4.69) is 0 Å².